The van der Waals surface area contributed by atoms with Gasteiger partial charge in [-0.3, -0.25) is 4.79 Å². The number of carbonyl (C=O) groups is 1. The van der Waals surface area contributed by atoms with Crippen molar-refractivity contribution in [3.05, 3.63) is 59.7 Å². The maximum absolute atomic E-state index is 12.8. The maximum atomic E-state index is 12.8. The molecule has 5 nitrogen and oxygen atoms in total. The lowest BCUT2D eigenvalue weighted by Gasteiger charge is -2.24. The number of hydrogen-bond donors (Lipinski definition) is 1. The van der Waals surface area contributed by atoms with Gasteiger partial charge in [0.25, 0.3) is 5.91 Å². The third-order valence-electron chi connectivity index (χ3n) is 3.69. The molecule has 1 amide bonds. The first-order valence-corrected chi connectivity index (χ1v) is 7.71. The fourth-order valence-electron chi connectivity index (χ4n) is 2.57. The van der Waals surface area contributed by atoms with Crippen molar-refractivity contribution in [3.63, 3.8) is 0 Å². The van der Waals surface area contributed by atoms with Gasteiger partial charge in [-0.15, -0.1) is 0 Å². The van der Waals surface area contributed by atoms with Crippen LogP contribution in [0.25, 0.3) is 0 Å². The summed E-state index contributed by atoms with van der Waals surface area (Å²) in [6.07, 6.45) is 0. The lowest BCUT2D eigenvalue weighted by molar-refractivity contribution is 0.0747. The summed E-state index contributed by atoms with van der Waals surface area (Å²) in [6, 6.07) is 15.2. The van der Waals surface area contributed by atoms with Crippen LogP contribution in [0.5, 0.6) is 11.5 Å². The molecule has 2 aromatic rings. The van der Waals surface area contributed by atoms with Crippen LogP contribution < -0.4 is 15.2 Å². The number of nitrogens with zero attached hydrogens (tertiary/aromatic N) is 1. The number of ether oxygens (including phenoxy) is 2. The fraction of sp³-hybridized carbons (Fsp3) is 0.278. The van der Waals surface area contributed by atoms with Crippen molar-refractivity contribution >= 4 is 5.91 Å². The monoisotopic (exact) mass is 312 g/mol. The van der Waals surface area contributed by atoms with Crippen LogP contribution in [0.2, 0.25) is 0 Å². The van der Waals surface area contributed by atoms with Crippen LogP contribution in [0.15, 0.2) is 48.5 Å². The highest BCUT2D eigenvalue weighted by Crippen LogP contribution is 2.31. The normalized spacial score (nSPS) is 12.7. The van der Waals surface area contributed by atoms with Crippen LogP contribution >= 0.6 is 0 Å². The minimum Gasteiger partial charge on any atom is -0.486 e. The molecule has 0 radical (unpaired) electrons. The number of fused-ring (bicyclic) bond motifs is 1. The Morgan fingerprint density at radius 2 is 1.78 bits per heavy atom. The van der Waals surface area contributed by atoms with E-state index < -0.39 is 0 Å². The van der Waals surface area contributed by atoms with E-state index in [1.165, 1.54) is 0 Å². The lowest BCUT2D eigenvalue weighted by Crippen LogP contribution is -2.35. The highest BCUT2D eigenvalue weighted by molar-refractivity contribution is 5.95. The van der Waals surface area contributed by atoms with E-state index in [0.29, 0.717) is 49.9 Å². The van der Waals surface area contributed by atoms with Gasteiger partial charge in [0.2, 0.25) is 0 Å². The van der Waals surface area contributed by atoms with Crippen LogP contribution in [0.1, 0.15) is 15.9 Å². The minimum atomic E-state index is -0.0590. The van der Waals surface area contributed by atoms with E-state index in [4.69, 9.17) is 15.2 Å². The van der Waals surface area contributed by atoms with Gasteiger partial charge in [0.1, 0.15) is 13.2 Å². The predicted molar refractivity (Wildman–Crippen MR) is 87.7 cm³/mol. The molecule has 2 N–H and O–H groups in total. The summed E-state index contributed by atoms with van der Waals surface area (Å²) in [5.41, 5.74) is 7.33. The molecule has 23 heavy (non-hydrogen) atoms. The van der Waals surface area contributed by atoms with Crippen molar-refractivity contribution in [2.45, 2.75) is 6.54 Å². The molecule has 2 aromatic carbocycles. The van der Waals surface area contributed by atoms with Crippen molar-refractivity contribution in [2.75, 3.05) is 26.3 Å². The van der Waals surface area contributed by atoms with Crippen LogP contribution in [0, 0.1) is 0 Å². The number of amides is 1. The molecule has 120 valence electrons. The van der Waals surface area contributed by atoms with Gasteiger partial charge >= 0.3 is 0 Å². The predicted octanol–water partition coefficient (Wildman–Crippen LogP) is 2.06. The summed E-state index contributed by atoms with van der Waals surface area (Å²) in [7, 11) is 0. The molecule has 0 saturated heterocycles. The SMILES string of the molecule is NCCN(Cc1ccccc1)C(=O)c1ccc2c(c1)OCCO2. The average Bonchev–Trinajstić information content (AvgIpc) is 2.61. The molecule has 0 saturated carbocycles. The van der Waals surface area contributed by atoms with E-state index in [1.54, 1.807) is 23.1 Å². The molecular weight excluding hydrogens is 292 g/mol. The van der Waals surface area contributed by atoms with Gasteiger partial charge < -0.3 is 20.1 Å². The van der Waals surface area contributed by atoms with Gasteiger partial charge in [-0.05, 0) is 23.8 Å². The minimum absolute atomic E-state index is 0.0590. The Morgan fingerprint density at radius 1 is 1.04 bits per heavy atom. The molecular formula is C18H20N2O3. The highest BCUT2D eigenvalue weighted by atomic mass is 16.6. The van der Waals surface area contributed by atoms with Crippen LogP contribution in [-0.4, -0.2) is 37.1 Å². The van der Waals surface area contributed by atoms with Gasteiger partial charge in [-0.2, -0.15) is 0 Å². The van der Waals surface area contributed by atoms with Crippen molar-refractivity contribution < 1.29 is 14.3 Å². The number of benzene rings is 2. The largest absolute Gasteiger partial charge is 0.486 e. The van der Waals surface area contributed by atoms with E-state index in [9.17, 15) is 4.79 Å². The molecule has 5 heteroatoms. The van der Waals surface area contributed by atoms with Crippen molar-refractivity contribution in [2.24, 2.45) is 5.73 Å². The zero-order valence-corrected chi connectivity index (χ0v) is 12.9. The topological polar surface area (TPSA) is 64.8 Å². The van der Waals surface area contributed by atoms with Gasteiger partial charge in [0.15, 0.2) is 11.5 Å². The Labute approximate surface area is 135 Å². The molecule has 0 fully saturated rings. The summed E-state index contributed by atoms with van der Waals surface area (Å²) in [5.74, 6) is 1.24. The van der Waals surface area contributed by atoms with E-state index in [0.717, 1.165) is 5.56 Å². The van der Waals surface area contributed by atoms with Gasteiger partial charge in [0, 0.05) is 25.2 Å². The quantitative estimate of drug-likeness (QED) is 0.918. The van der Waals surface area contributed by atoms with Gasteiger partial charge in [-0.1, -0.05) is 30.3 Å². The second-order valence-electron chi connectivity index (χ2n) is 5.36. The second kappa shape index (κ2) is 7.15. The number of hydrogen-bond acceptors (Lipinski definition) is 4. The summed E-state index contributed by atoms with van der Waals surface area (Å²) in [6.45, 7) is 2.49. The molecule has 0 aliphatic carbocycles. The number of nitrogens with two attached hydrogens (primary N) is 1. The van der Waals surface area contributed by atoms with Crippen LogP contribution in [0.4, 0.5) is 0 Å². The number of carbonyl (C=O) groups excluding carboxylic acids is 1. The summed E-state index contributed by atoms with van der Waals surface area (Å²) >= 11 is 0. The molecule has 3 rings (SSSR count). The van der Waals surface area contributed by atoms with Crippen molar-refractivity contribution in [3.8, 4) is 11.5 Å². The molecule has 0 atom stereocenters. The molecule has 0 spiro atoms. The van der Waals surface area contributed by atoms with E-state index in [-0.39, 0.29) is 5.91 Å². The van der Waals surface area contributed by atoms with E-state index in [1.807, 2.05) is 30.3 Å². The molecule has 0 aromatic heterocycles. The first-order chi connectivity index (χ1) is 11.3. The Bertz CT molecular complexity index is 673. The fourth-order valence-corrected chi connectivity index (χ4v) is 2.57. The second-order valence-corrected chi connectivity index (χ2v) is 5.36. The standard InChI is InChI=1S/C18H20N2O3/c19-8-9-20(13-14-4-2-1-3-5-14)18(21)15-6-7-16-17(12-15)23-11-10-22-16/h1-7,12H,8-11,13,19H2. The summed E-state index contributed by atoms with van der Waals surface area (Å²) < 4.78 is 11.0. The molecule has 1 aliphatic heterocycles. The van der Waals surface area contributed by atoms with E-state index >= 15 is 0 Å². The Kier molecular flexibility index (Phi) is 4.78. The zero-order valence-electron chi connectivity index (χ0n) is 12.9. The third kappa shape index (κ3) is 3.63. The maximum Gasteiger partial charge on any atom is 0.254 e. The van der Waals surface area contributed by atoms with Crippen molar-refractivity contribution in [1.82, 2.24) is 4.90 Å². The molecule has 0 unspecified atom stereocenters. The first kappa shape index (κ1) is 15.4. The Balaban J connectivity index is 1.80. The molecule has 0 bridgehead atoms. The molecule has 1 aliphatic rings. The summed E-state index contributed by atoms with van der Waals surface area (Å²) in [5, 5.41) is 0. The van der Waals surface area contributed by atoms with Gasteiger partial charge in [-0.25, -0.2) is 0 Å². The first-order valence-electron chi connectivity index (χ1n) is 7.71. The number of rotatable bonds is 5. The zero-order chi connectivity index (χ0) is 16.1. The highest BCUT2D eigenvalue weighted by Gasteiger charge is 2.19. The lowest BCUT2D eigenvalue weighted by atomic mass is 10.1. The van der Waals surface area contributed by atoms with Gasteiger partial charge in [0.05, 0.1) is 0 Å². The van der Waals surface area contributed by atoms with Crippen LogP contribution in [0.3, 0.4) is 0 Å². The van der Waals surface area contributed by atoms with Crippen molar-refractivity contribution in [1.29, 1.82) is 0 Å². The summed E-state index contributed by atoms with van der Waals surface area (Å²) in [4.78, 5) is 14.5. The van der Waals surface area contributed by atoms with Crippen LogP contribution in [-0.2, 0) is 6.54 Å². The Hall–Kier alpha value is -2.53. The van der Waals surface area contributed by atoms with E-state index in [2.05, 4.69) is 0 Å². The molecule has 1 heterocycles. The third-order valence-corrected chi connectivity index (χ3v) is 3.69. The average molecular weight is 312 g/mol. The smallest absolute Gasteiger partial charge is 0.254 e. The Morgan fingerprint density at radius 3 is 2.52 bits per heavy atom.